The first-order valence-corrected chi connectivity index (χ1v) is 13.5. The fourth-order valence-corrected chi connectivity index (χ4v) is 5.92. The molecule has 6 rings (SSSR count). The number of aromatic nitrogens is 2. The van der Waals surface area contributed by atoms with Gasteiger partial charge in [-0.3, -0.25) is 9.59 Å². The number of nitrogens with two attached hydrogens (primary N) is 1. The fourth-order valence-electron chi connectivity index (χ4n) is 5.92. The van der Waals surface area contributed by atoms with Crippen LogP contribution in [0.3, 0.4) is 0 Å². The first-order valence-electron chi connectivity index (χ1n) is 13.5. The minimum atomic E-state index is -0.519. The Labute approximate surface area is 227 Å². The quantitative estimate of drug-likeness (QED) is 0.304. The number of aryl methyl sites for hydroxylation is 2. The van der Waals surface area contributed by atoms with Crippen LogP contribution in [0.15, 0.2) is 65.2 Å². The fraction of sp³-hybridized carbons (Fsp3) is 0.281. The molecule has 1 saturated heterocycles. The van der Waals surface area contributed by atoms with Gasteiger partial charge in [0.15, 0.2) is 0 Å². The maximum atomic E-state index is 13.5. The standard InChI is InChI=1S/C32H32N4O3/c1-19-11-13-35(14-12-19)32(38)23-9-10-27-25(15-23)30-26(31(33)37)16-24(29-20(2)34-39-21(29)3)17-28(30)36(27)18-22-7-5-4-6-8-22/h4-10,15-17,19H,11-14,18H2,1-3H3,(H2,33,37). The van der Waals surface area contributed by atoms with Gasteiger partial charge in [-0.2, -0.15) is 0 Å². The van der Waals surface area contributed by atoms with E-state index in [4.69, 9.17) is 10.3 Å². The van der Waals surface area contributed by atoms with Gasteiger partial charge in [0, 0.05) is 52.6 Å². The molecule has 2 aromatic heterocycles. The molecule has 2 N–H and O–H groups in total. The van der Waals surface area contributed by atoms with Gasteiger partial charge in [-0.05, 0) is 74.1 Å². The van der Waals surface area contributed by atoms with Crippen LogP contribution in [0.5, 0.6) is 0 Å². The van der Waals surface area contributed by atoms with E-state index >= 15 is 0 Å². The molecule has 0 atom stereocenters. The molecule has 5 aromatic rings. The van der Waals surface area contributed by atoms with Gasteiger partial charge >= 0.3 is 0 Å². The van der Waals surface area contributed by atoms with Crippen LogP contribution >= 0.6 is 0 Å². The van der Waals surface area contributed by atoms with Gasteiger partial charge < -0.3 is 19.7 Å². The number of rotatable bonds is 5. The topological polar surface area (TPSA) is 94.4 Å². The van der Waals surface area contributed by atoms with Gasteiger partial charge in [0.25, 0.3) is 5.91 Å². The molecule has 3 heterocycles. The molecule has 0 saturated carbocycles. The minimum absolute atomic E-state index is 0.0284. The smallest absolute Gasteiger partial charge is 0.253 e. The lowest BCUT2D eigenvalue weighted by Gasteiger charge is -2.30. The predicted molar refractivity (Wildman–Crippen MR) is 153 cm³/mol. The van der Waals surface area contributed by atoms with Crippen LogP contribution in [0.2, 0.25) is 0 Å². The van der Waals surface area contributed by atoms with Crippen molar-refractivity contribution in [3.8, 4) is 11.1 Å². The average molecular weight is 521 g/mol. The summed E-state index contributed by atoms with van der Waals surface area (Å²) in [6.45, 7) is 8.11. The van der Waals surface area contributed by atoms with Crippen LogP contribution in [0.1, 0.15) is 57.5 Å². The van der Waals surface area contributed by atoms with Crippen molar-refractivity contribution < 1.29 is 14.1 Å². The van der Waals surface area contributed by atoms with E-state index in [9.17, 15) is 9.59 Å². The molecule has 0 radical (unpaired) electrons. The first-order chi connectivity index (χ1) is 18.8. The molecule has 7 heteroatoms. The highest BCUT2D eigenvalue weighted by Gasteiger charge is 2.25. The monoisotopic (exact) mass is 520 g/mol. The number of hydrogen-bond donors (Lipinski definition) is 1. The lowest BCUT2D eigenvalue weighted by atomic mass is 9.96. The SMILES string of the molecule is Cc1noc(C)c1-c1cc(C(N)=O)c2c3cc(C(=O)N4CCC(C)CC4)ccc3n(Cc3ccccc3)c2c1. The number of benzene rings is 3. The number of nitrogens with zero attached hydrogens (tertiary/aromatic N) is 3. The Balaban J connectivity index is 1.60. The first kappa shape index (κ1) is 24.9. The van der Waals surface area contributed by atoms with Crippen LogP contribution < -0.4 is 5.73 Å². The van der Waals surface area contributed by atoms with Crippen LogP contribution in [-0.4, -0.2) is 39.5 Å². The van der Waals surface area contributed by atoms with Crippen LogP contribution in [-0.2, 0) is 6.54 Å². The van der Waals surface area contributed by atoms with E-state index in [2.05, 4.69) is 34.8 Å². The molecule has 0 aliphatic carbocycles. The number of amides is 2. The number of carbonyl (C=O) groups excluding carboxylic acids is 2. The van der Waals surface area contributed by atoms with Crippen molar-refractivity contribution in [2.45, 2.75) is 40.2 Å². The second-order valence-corrected chi connectivity index (χ2v) is 10.8. The van der Waals surface area contributed by atoms with Crippen LogP contribution in [0, 0.1) is 19.8 Å². The molecule has 7 nitrogen and oxygen atoms in total. The van der Waals surface area contributed by atoms with Crippen LogP contribution in [0.4, 0.5) is 0 Å². The second kappa shape index (κ2) is 9.73. The molecular weight excluding hydrogens is 488 g/mol. The highest BCUT2D eigenvalue weighted by atomic mass is 16.5. The van der Waals surface area contributed by atoms with Gasteiger partial charge in [0.05, 0.1) is 11.2 Å². The number of hydrogen-bond acceptors (Lipinski definition) is 4. The summed E-state index contributed by atoms with van der Waals surface area (Å²) in [5.74, 6) is 0.823. The maximum absolute atomic E-state index is 13.5. The zero-order valence-electron chi connectivity index (χ0n) is 22.5. The Morgan fingerprint density at radius 2 is 1.74 bits per heavy atom. The number of primary amides is 1. The zero-order chi connectivity index (χ0) is 27.3. The second-order valence-electron chi connectivity index (χ2n) is 10.8. The van der Waals surface area contributed by atoms with Gasteiger partial charge in [-0.25, -0.2) is 0 Å². The maximum Gasteiger partial charge on any atom is 0.253 e. The lowest BCUT2D eigenvalue weighted by molar-refractivity contribution is 0.0697. The normalized spacial score (nSPS) is 14.4. The summed E-state index contributed by atoms with van der Waals surface area (Å²) in [6, 6.07) is 19.9. The third-order valence-corrected chi connectivity index (χ3v) is 8.05. The van der Waals surface area contributed by atoms with Crippen molar-refractivity contribution in [2.24, 2.45) is 11.7 Å². The summed E-state index contributed by atoms with van der Waals surface area (Å²) in [5.41, 5.74) is 12.4. The predicted octanol–water partition coefficient (Wildman–Crippen LogP) is 6.09. The van der Waals surface area contributed by atoms with Crippen molar-refractivity contribution in [2.75, 3.05) is 13.1 Å². The van der Waals surface area contributed by atoms with E-state index in [0.717, 1.165) is 70.1 Å². The van der Waals surface area contributed by atoms with Gasteiger partial charge in [0.2, 0.25) is 5.91 Å². The minimum Gasteiger partial charge on any atom is -0.366 e. The van der Waals surface area contributed by atoms with Gasteiger partial charge in [0.1, 0.15) is 5.76 Å². The largest absolute Gasteiger partial charge is 0.366 e. The molecule has 39 heavy (non-hydrogen) atoms. The molecule has 1 fully saturated rings. The van der Waals surface area contributed by atoms with E-state index in [1.54, 1.807) is 0 Å². The molecule has 1 aliphatic heterocycles. The molecule has 1 aliphatic rings. The molecule has 3 aromatic carbocycles. The van der Waals surface area contributed by atoms with E-state index in [1.807, 2.05) is 61.2 Å². The summed E-state index contributed by atoms with van der Waals surface area (Å²) in [7, 11) is 0. The molecule has 0 spiro atoms. The zero-order valence-corrected chi connectivity index (χ0v) is 22.5. The van der Waals surface area contributed by atoms with Crippen molar-refractivity contribution in [3.63, 3.8) is 0 Å². The summed E-state index contributed by atoms with van der Waals surface area (Å²) < 4.78 is 7.64. The van der Waals surface area contributed by atoms with Crippen molar-refractivity contribution in [3.05, 3.63) is 88.8 Å². The lowest BCUT2D eigenvalue weighted by Crippen LogP contribution is -2.37. The van der Waals surface area contributed by atoms with E-state index in [0.29, 0.717) is 29.3 Å². The Bertz CT molecular complexity index is 1700. The van der Waals surface area contributed by atoms with Gasteiger partial charge in [-0.15, -0.1) is 0 Å². The highest BCUT2D eigenvalue weighted by molar-refractivity contribution is 6.20. The van der Waals surface area contributed by atoms with E-state index in [-0.39, 0.29) is 5.91 Å². The van der Waals surface area contributed by atoms with Crippen molar-refractivity contribution in [1.29, 1.82) is 0 Å². The average Bonchev–Trinajstić information content (AvgIpc) is 3.44. The number of fused-ring (bicyclic) bond motifs is 3. The summed E-state index contributed by atoms with van der Waals surface area (Å²) in [5, 5.41) is 5.72. The molecule has 0 bridgehead atoms. The Morgan fingerprint density at radius 1 is 1.00 bits per heavy atom. The Morgan fingerprint density at radius 3 is 2.41 bits per heavy atom. The van der Waals surface area contributed by atoms with Gasteiger partial charge in [-0.1, -0.05) is 42.4 Å². The van der Waals surface area contributed by atoms with Crippen LogP contribution in [0.25, 0.3) is 32.9 Å². The summed E-state index contributed by atoms with van der Waals surface area (Å²) >= 11 is 0. The van der Waals surface area contributed by atoms with E-state index < -0.39 is 5.91 Å². The third kappa shape index (κ3) is 4.38. The molecule has 198 valence electrons. The van der Waals surface area contributed by atoms with E-state index in [1.165, 1.54) is 0 Å². The third-order valence-electron chi connectivity index (χ3n) is 8.05. The Hall–Kier alpha value is -4.39. The summed E-state index contributed by atoms with van der Waals surface area (Å²) in [4.78, 5) is 28.4. The Kier molecular flexibility index (Phi) is 6.22. The van der Waals surface area contributed by atoms with Crippen molar-refractivity contribution in [1.82, 2.24) is 14.6 Å². The van der Waals surface area contributed by atoms with Crippen molar-refractivity contribution >= 4 is 33.6 Å². The number of likely N-dealkylation sites (tertiary alicyclic amines) is 1. The highest BCUT2D eigenvalue weighted by Crippen LogP contribution is 2.38. The molecular formula is C32H32N4O3. The number of piperidine rings is 1. The molecule has 0 unspecified atom stereocenters. The number of carbonyl (C=O) groups is 2. The summed E-state index contributed by atoms with van der Waals surface area (Å²) in [6.07, 6.45) is 2.03. The molecule has 2 amide bonds.